The summed E-state index contributed by atoms with van der Waals surface area (Å²) >= 11 is 0. The number of benzene rings is 1. The smallest absolute Gasteiger partial charge is 0.358 e. The van der Waals surface area contributed by atoms with Crippen LogP contribution < -0.4 is 4.74 Å². The molecular weight excluding hydrogens is 210 g/mol. The highest BCUT2D eigenvalue weighted by Gasteiger charge is 2.17. The summed E-state index contributed by atoms with van der Waals surface area (Å²) in [5.74, 6) is -0.119. The molecule has 0 radical (unpaired) electrons. The predicted molar refractivity (Wildman–Crippen MR) is 57.9 cm³/mol. The summed E-state index contributed by atoms with van der Waals surface area (Å²) < 4.78 is 9.57. The largest absolute Gasteiger partial charge is 0.505 e. The Bertz CT molecular complexity index is 544. The number of hydrogen-bond donors (Lipinski definition) is 2. The lowest BCUT2D eigenvalue weighted by molar-refractivity contribution is 0.0592. The zero-order valence-corrected chi connectivity index (χ0v) is 8.90. The van der Waals surface area contributed by atoms with Gasteiger partial charge in [-0.2, -0.15) is 0 Å². The molecule has 0 aliphatic rings. The Morgan fingerprint density at radius 2 is 2.12 bits per heavy atom. The number of carbonyl (C=O) groups is 1. The molecule has 84 valence electrons. The van der Waals surface area contributed by atoms with Crippen molar-refractivity contribution >= 4 is 16.9 Å². The van der Waals surface area contributed by atoms with Crippen molar-refractivity contribution < 1.29 is 19.4 Å². The van der Waals surface area contributed by atoms with Crippen molar-refractivity contribution in [1.29, 1.82) is 0 Å². The fourth-order valence-corrected chi connectivity index (χ4v) is 1.53. The summed E-state index contributed by atoms with van der Waals surface area (Å²) in [4.78, 5) is 14.1. The van der Waals surface area contributed by atoms with Crippen molar-refractivity contribution in [3.8, 4) is 11.5 Å². The van der Waals surface area contributed by atoms with Crippen LogP contribution in [0.2, 0.25) is 0 Å². The van der Waals surface area contributed by atoms with E-state index in [2.05, 4.69) is 9.72 Å². The highest BCUT2D eigenvalue weighted by molar-refractivity contribution is 6.01. The third-order valence-corrected chi connectivity index (χ3v) is 2.37. The minimum absolute atomic E-state index is 0.0470. The number of rotatable bonds is 2. The standard InChI is InChI=1S/C11H11NO4/c1-15-6-3-4-8-7(5-6)10(13)9(12-8)11(14)16-2/h3-5,12-13H,1-2H3. The van der Waals surface area contributed by atoms with Crippen molar-refractivity contribution in [3.63, 3.8) is 0 Å². The van der Waals surface area contributed by atoms with Gasteiger partial charge in [-0.1, -0.05) is 0 Å². The molecule has 2 aromatic rings. The Kier molecular flexibility index (Phi) is 2.44. The molecule has 2 rings (SSSR count). The molecule has 0 unspecified atom stereocenters. The molecule has 2 N–H and O–H groups in total. The number of ether oxygens (including phenoxy) is 2. The van der Waals surface area contributed by atoms with E-state index >= 15 is 0 Å². The second kappa shape index (κ2) is 3.77. The van der Waals surface area contributed by atoms with Crippen molar-refractivity contribution in [3.05, 3.63) is 23.9 Å². The number of aromatic hydroxyl groups is 1. The zero-order valence-electron chi connectivity index (χ0n) is 8.90. The van der Waals surface area contributed by atoms with E-state index in [1.54, 1.807) is 18.2 Å². The maximum Gasteiger partial charge on any atom is 0.358 e. The average molecular weight is 221 g/mol. The molecule has 0 fully saturated rings. The molecule has 5 heteroatoms. The third kappa shape index (κ3) is 1.46. The molecule has 16 heavy (non-hydrogen) atoms. The van der Waals surface area contributed by atoms with Crippen LogP contribution in [0.15, 0.2) is 18.2 Å². The number of methoxy groups -OCH3 is 2. The van der Waals surface area contributed by atoms with Gasteiger partial charge in [-0.25, -0.2) is 4.79 Å². The lowest BCUT2D eigenvalue weighted by atomic mass is 10.2. The van der Waals surface area contributed by atoms with Gasteiger partial charge in [-0.05, 0) is 18.2 Å². The molecule has 1 aromatic heterocycles. The number of aromatic nitrogens is 1. The number of fused-ring (bicyclic) bond motifs is 1. The Morgan fingerprint density at radius 1 is 1.38 bits per heavy atom. The lowest BCUT2D eigenvalue weighted by Crippen LogP contribution is -2.01. The molecule has 1 heterocycles. The average Bonchev–Trinajstić information content (AvgIpc) is 2.65. The Balaban J connectivity index is 2.64. The van der Waals surface area contributed by atoms with Crippen LogP contribution >= 0.6 is 0 Å². The van der Waals surface area contributed by atoms with Gasteiger partial charge in [0.1, 0.15) is 5.75 Å². The van der Waals surface area contributed by atoms with Gasteiger partial charge in [0.25, 0.3) is 0 Å². The van der Waals surface area contributed by atoms with Crippen molar-refractivity contribution in [1.82, 2.24) is 4.98 Å². The van der Waals surface area contributed by atoms with E-state index in [0.717, 1.165) is 0 Å². The van der Waals surface area contributed by atoms with Crippen LogP contribution in [0.1, 0.15) is 10.5 Å². The molecule has 0 atom stereocenters. The number of carbonyl (C=O) groups excluding carboxylic acids is 1. The molecule has 0 amide bonds. The number of hydrogen-bond acceptors (Lipinski definition) is 4. The molecule has 0 aliphatic carbocycles. The summed E-state index contributed by atoms with van der Waals surface area (Å²) in [6, 6.07) is 5.10. The summed E-state index contributed by atoms with van der Waals surface area (Å²) in [6.07, 6.45) is 0. The van der Waals surface area contributed by atoms with E-state index in [1.807, 2.05) is 0 Å². The molecule has 0 saturated carbocycles. The van der Waals surface area contributed by atoms with E-state index < -0.39 is 5.97 Å². The van der Waals surface area contributed by atoms with Crippen LogP contribution in [0.25, 0.3) is 10.9 Å². The molecule has 0 bridgehead atoms. The topological polar surface area (TPSA) is 71.6 Å². The van der Waals surface area contributed by atoms with Crippen molar-refractivity contribution in [2.24, 2.45) is 0 Å². The molecule has 0 saturated heterocycles. The first-order chi connectivity index (χ1) is 7.67. The molecular formula is C11H11NO4. The summed E-state index contributed by atoms with van der Waals surface area (Å²) in [5, 5.41) is 10.4. The minimum Gasteiger partial charge on any atom is -0.505 e. The summed E-state index contributed by atoms with van der Waals surface area (Å²) in [5.41, 5.74) is 0.699. The first-order valence-electron chi connectivity index (χ1n) is 4.64. The van der Waals surface area contributed by atoms with Gasteiger partial charge in [0.2, 0.25) is 0 Å². The second-order valence-electron chi connectivity index (χ2n) is 3.25. The van der Waals surface area contributed by atoms with Gasteiger partial charge in [0.15, 0.2) is 11.4 Å². The van der Waals surface area contributed by atoms with E-state index in [-0.39, 0.29) is 11.4 Å². The van der Waals surface area contributed by atoms with Crippen LogP contribution in [0.4, 0.5) is 0 Å². The van der Waals surface area contributed by atoms with E-state index in [1.165, 1.54) is 14.2 Å². The van der Waals surface area contributed by atoms with Crippen LogP contribution in [-0.2, 0) is 4.74 Å². The third-order valence-electron chi connectivity index (χ3n) is 2.37. The van der Waals surface area contributed by atoms with Crippen LogP contribution in [0, 0.1) is 0 Å². The fourth-order valence-electron chi connectivity index (χ4n) is 1.53. The maximum absolute atomic E-state index is 11.3. The van der Waals surface area contributed by atoms with Gasteiger partial charge >= 0.3 is 5.97 Å². The van der Waals surface area contributed by atoms with Crippen LogP contribution in [0.3, 0.4) is 0 Å². The normalized spacial score (nSPS) is 10.4. The van der Waals surface area contributed by atoms with Crippen LogP contribution in [-0.4, -0.2) is 30.3 Å². The molecule has 1 aromatic carbocycles. The highest BCUT2D eigenvalue weighted by atomic mass is 16.5. The fraction of sp³-hybridized carbons (Fsp3) is 0.182. The van der Waals surface area contributed by atoms with Crippen LogP contribution in [0.5, 0.6) is 11.5 Å². The Morgan fingerprint density at radius 3 is 2.75 bits per heavy atom. The van der Waals surface area contributed by atoms with Gasteiger partial charge in [-0.15, -0.1) is 0 Å². The maximum atomic E-state index is 11.3. The van der Waals surface area contributed by atoms with Gasteiger partial charge in [0.05, 0.1) is 19.7 Å². The van der Waals surface area contributed by atoms with Crippen molar-refractivity contribution in [2.45, 2.75) is 0 Å². The van der Waals surface area contributed by atoms with E-state index in [9.17, 15) is 9.90 Å². The van der Waals surface area contributed by atoms with Gasteiger partial charge < -0.3 is 19.6 Å². The molecule has 0 spiro atoms. The summed E-state index contributed by atoms with van der Waals surface area (Å²) in [6.45, 7) is 0. The number of esters is 1. The Hall–Kier alpha value is -2.17. The quantitative estimate of drug-likeness (QED) is 0.756. The molecule has 0 aliphatic heterocycles. The SMILES string of the molecule is COC(=O)c1[nH]c2ccc(OC)cc2c1O. The number of aromatic amines is 1. The van der Waals surface area contributed by atoms with E-state index in [4.69, 9.17) is 4.74 Å². The first kappa shape index (κ1) is 10.4. The predicted octanol–water partition coefficient (Wildman–Crippen LogP) is 1.67. The summed E-state index contributed by atoms with van der Waals surface area (Å²) in [7, 11) is 2.79. The zero-order chi connectivity index (χ0) is 11.7. The minimum atomic E-state index is -0.604. The van der Waals surface area contributed by atoms with Crippen molar-refractivity contribution in [2.75, 3.05) is 14.2 Å². The van der Waals surface area contributed by atoms with Gasteiger partial charge in [-0.3, -0.25) is 0 Å². The monoisotopic (exact) mass is 221 g/mol. The first-order valence-corrected chi connectivity index (χ1v) is 4.64. The molecule has 5 nitrogen and oxygen atoms in total. The van der Waals surface area contributed by atoms with E-state index in [0.29, 0.717) is 16.7 Å². The Labute approximate surface area is 91.6 Å². The number of H-pyrrole nitrogens is 1. The number of nitrogens with one attached hydrogen (secondary N) is 1. The highest BCUT2D eigenvalue weighted by Crippen LogP contribution is 2.31. The lowest BCUT2D eigenvalue weighted by Gasteiger charge is -1.98. The van der Waals surface area contributed by atoms with Gasteiger partial charge in [0, 0.05) is 5.39 Å². The second-order valence-corrected chi connectivity index (χ2v) is 3.25.